The van der Waals surface area contributed by atoms with E-state index < -0.39 is 0 Å². The fourth-order valence-electron chi connectivity index (χ4n) is 2.17. The molecule has 2 rings (SSSR count). The summed E-state index contributed by atoms with van der Waals surface area (Å²) in [5.41, 5.74) is 2.48. The summed E-state index contributed by atoms with van der Waals surface area (Å²) in [5, 5.41) is 2.87. The van der Waals surface area contributed by atoms with E-state index >= 15 is 0 Å². The third-order valence-electron chi connectivity index (χ3n) is 3.41. The van der Waals surface area contributed by atoms with Crippen LogP contribution in [0.25, 0.3) is 0 Å². The second-order valence-electron chi connectivity index (χ2n) is 5.14. The van der Waals surface area contributed by atoms with Gasteiger partial charge in [-0.2, -0.15) is 0 Å². The minimum absolute atomic E-state index is 0.0464. The fourth-order valence-corrected chi connectivity index (χ4v) is 2.17. The minimum atomic E-state index is -0.0464. The third-order valence-corrected chi connectivity index (χ3v) is 3.41. The van der Waals surface area contributed by atoms with Crippen molar-refractivity contribution in [1.82, 2.24) is 10.2 Å². The number of carbonyl (C=O) groups is 1. The average molecular weight is 277 g/mol. The zero-order chi connectivity index (χ0) is 14.4. The summed E-state index contributed by atoms with van der Waals surface area (Å²) in [4.78, 5) is 15.3. The molecule has 1 aromatic rings. The Balaban J connectivity index is 1.80. The normalized spacial score (nSPS) is 15.0. The predicted octanol–water partition coefficient (Wildman–Crippen LogP) is 1.34. The Morgan fingerprint density at radius 1 is 1.25 bits per heavy atom. The monoisotopic (exact) mass is 277 g/mol. The van der Waals surface area contributed by atoms with Gasteiger partial charge < -0.3 is 19.9 Å². The van der Waals surface area contributed by atoms with Gasteiger partial charge >= 0.3 is 6.03 Å². The molecule has 110 valence electrons. The van der Waals surface area contributed by atoms with E-state index in [9.17, 15) is 4.79 Å². The topological polar surface area (TPSA) is 44.8 Å². The highest BCUT2D eigenvalue weighted by Gasteiger charge is 2.10. The summed E-state index contributed by atoms with van der Waals surface area (Å²) in [6, 6.07) is 8.51. The van der Waals surface area contributed by atoms with Gasteiger partial charge in [-0.05, 0) is 24.1 Å². The second-order valence-corrected chi connectivity index (χ2v) is 5.14. The van der Waals surface area contributed by atoms with Crippen molar-refractivity contribution in [1.29, 1.82) is 0 Å². The van der Waals surface area contributed by atoms with Crippen molar-refractivity contribution in [3.05, 3.63) is 29.8 Å². The first kappa shape index (κ1) is 14.7. The summed E-state index contributed by atoms with van der Waals surface area (Å²) in [7, 11) is 3.49. The molecular weight excluding hydrogens is 254 g/mol. The molecule has 2 amide bonds. The van der Waals surface area contributed by atoms with Crippen LogP contribution >= 0.6 is 0 Å². The zero-order valence-electron chi connectivity index (χ0n) is 12.3. The van der Waals surface area contributed by atoms with E-state index in [0.717, 1.165) is 32.7 Å². The maximum absolute atomic E-state index is 11.4. The van der Waals surface area contributed by atoms with Crippen molar-refractivity contribution >= 4 is 11.7 Å². The van der Waals surface area contributed by atoms with Crippen LogP contribution in [0.1, 0.15) is 5.56 Å². The lowest BCUT2D eigenvalue weighted by Gasteiger charge is -2.28. The van der Waals surface area contributed by atoms with Crippen LogP contribution < -0.4 is 10.2 Å². The van der Waals surface area contributed by atoms with E-state index in [1.165, 1.54) is 11.3 Å². The average Bonchev–Trinajstić information content (AvgIpc) is 2.48. The van der Waals surface area contributed by atoms with Crippen LogP contribution in [0.4, 0.5) is 10.5 Å². The molecule has 1 aromatic carbocycles. The van der Waals surface area contributed by atoms with Crippen molar-refractivity contribution in [3.63, 3.8) is 0 Å². The first-order chi connectivity index (χ1) is 9.66. The van der Waals surface area contributed by atoms with E-state index in [1.54, 1.807) is 19.0 Å². The quantitative estimate of drug-likeness (QED) is 0.903. The molecule has 1 aliphatic heterocycles. The number of ether oxygens (including phenoxy) is 1. The van der Waals surface area contributed by atoms with E-state index in [4.69, 9.17) is 4.74 Å². The summed E-state index contributed by atoms with van der Waals surface area (Å²) in [5.74, 6) is 0. The molecule has 1 fully saturated rings. The van der Waals surface area contributed by atoms with Gasteiger partial charge in [0.05, 0.1) is 13.2 Å². The summed E-state index contributed by atoms with van der Waals surface area (Å²) in [6.45, 7) is 4.18. The van der Waals surface area contributed by atoms with Gasteiger partial charge in [0.25, 0.3) is 0 Å². The molecule has 5 heteroatoms. The van der Waals surface area contributed by atoms with Crippen LogP contribution in [0.3, 0.4) is 0 Å². The van der Waals surface area contributed by atoms with Crippen molar-refractivity contribution < 1.29 is 9.53 Å². The lowest BCUT2D eigenvalue weighted by atomic mass is 10.1. The molecule has 1 aliphatic rings. The number of nitrogens with one attached hydrogen (secondary N) is 1. The maximum Gasteiger partial charge on any atom is 0.316 e. The van der Waals surface area contributed by atoms with Crippen LogP contribution in [0.15, 0.2) is 24.3 Å². The van der Waals surface area contributed by atoms with Gasteiger partial charge in [0.1, 0.15) is 0 Å². The van der Waals surface area contributed by atoms with Crippen LogP contribution in [0.5, 0.6) is 0 Å². The van der Waals surface area contributed by atoms with Crippen molar-refractivity contribution in [3.8, 4) is 0 Å². The smallest absolute Gasteiger partial charge is 0.316 e. The number of hydrogen-bond donors (Lipinski definition) is 1. The molecule has 0 aromatic heterocycles. The van der Waals surface area contributed by atoms with Crippen LogP contribution in [0.2, 0.25) is 0 Å². The molecular formula is C15H23N3O2. The maximum atomic E-state index is 11.4. The van der Waals surface area contributed by atoms with Gasteiger partial charge in [-0.1, -0.05) is 12.1 Å². The Morgan fingerprint density at radius 3 is 2.50 bits per heavy atom. The molecule has 0 saturated carbocycles. The van der Waals surface area contributed by atoms with Gasteiger partial charge in [0.2, 0.25) is 0 Å². The SMILES string of the molecule is CN(C)C(=O)NCCc1ccc(N2CCOCC2)cc1. The number of urea groups is 1. The van der Waals surface area contributed by atoms with E-state index in [0.29, 0.717) is 6.54 Å². The Labute approximate surface area is 120 Å². The molecule has 1 heterocycles. The van der Waals surface area contributed by atoms with Crippen molar-refractivity contribution in [2.75, 3.05) is 51.8 Å². The number of anilines is 1. The summed E-state index contributed by atoms with van der Waals surface area (Å²) >= 11 is 0. The molecule has 0 aliphatic carbocycles. The first-order valence-corrected chi connectivity index (χ1v) is 7.03. The molecule has 0 atom stereocenters. The molecule has 5 nitrogen and oxygen atoms in total. The number of rotatable bonds is 4. The van der Waals surface area contributed by atoms with Gasteiger partial charge in [0, 0.05) is 39.4 Å². The number of carbonyl (C=O) groups excluding carboxylic acids is 1. The number of nitrogens with zero attached hydrogens (tertiary/aromatic N) is 2. The Morgan fingerprint density at radius 2 is 1.90 bits per heavy atom. The van der Waals surface area contributed by atoms with Crippen LogP contribution in [0, 0.1) is 0 Å². The van der Waals surface area contributed by atoms with Gasteiger partial charge in [-0.15, -0.1) is 0 Å². The predicted molar refractivity (Wildman–Crippen MR) is 80.3 cm³/mol. The van der Waals surface area contributed by atoms with Crippen molar-refractivity contribution in [2.24, 2.45) is 0 Å². The summed E-state index contributed by atoms with van der Waals surface area (Å²) in [6.07, 6.45) is 0.850. The highest BCUT2D eigenvalue weighted by molar-refractivity contribution is 5.73. The molecule has 0 unspecified atom stereocenters. The highest BCUT2D eigenvalue weighted by Crippen LogP contribution is 2.16. The first-order valence-electron chi connectivity index (χ1n) is 7.03. The number of benzene rings is 1. The Hall–Kier alpha value is -1.75. The second kappa shape index (κ2) is 7.14. The third kappa shape index (κ3) is 4.13. The largest absolute Gasteiger partial charge is 0.378 e. The molecule has 0 bridgehead atoms. The molecule has 0 spiro atoms. The number of hydrogen-bond acceptors (Lipinski definition) is 3. The Kier molecular flexibility index (Phi) is 5.24. The Bertz CT molecular complexity index is 425. The van der Waals surface area contributed by atoms with Crippen molar-refractivity contribution in [2.45, 2.75) is 6.42 Å². The van der Waals surface area contributed by atoms with Gasteiger partial charge in [-0.3, -0.25) is 0 Å². The van der Waals surface area contributed by atoms with E-state index in [2.05, 4.69) is 34.5 Å². The molecule has 1 saturated heterocycles. The van der Waals surface area contributed by atoms with Crippen LogP contribution in [-0.4, -0.2) is 57.9 Å². The number of amides is 2. The van der Waals surface area contributed by atoms with E-state index in [1.807, 2.05) is 0 Å². The van der Waals surface area contributed by atoms with E-state index in [-0.39, 0.29) is 6.03 Å². The van der Waals surface area contributed by atoms with Crippen LogP contribution in [-0.2, 0) is 11.2 Å². The fraction of sp³-hybridized carbons (Fsp3) is 0.533. The molecule has 1 N–H and O–H groups in total. The minimum Gasteiger partial charge on any atom is -0.378 e. The summed E-state index contributed by atoms with van der Waals surface area (Å²) < 4.78 is 5.35. The van der Waals surface area contributed by atoms with Gasteiger partial charge in [0.15, 0.2) is 0 Å². The molecule has 0 radical (unpaired) electrons. The van der Waals surface area contributed by atoms with Gasteiger partial charge in [-0.25, -0.2) is 4.79 Å². The number of morpholine rings is 1. The lowest BCUT2D eigenvalue weighted by Crippen LogP contribution is -2.36. The lowest BCUT2D eigenvalue weighted by molar-refractivity contribution is 0.122. The highest BCUT2D eigenvalue weighted by atomic mass is 16.5. The zero-order valence-corrected chi connectivity index (χ0v) is 12.3. The molecule has 20 heavy (non-hydrogen) atoms. The standard InChI is InChI=1S/C15H23N3O2/c1-17(2)15(19)16-8-7-13-3-5-14(6-4-13)18-9-11-20-12-10-18/h3-6H,7-12H2,1-2H3,(H,16,19).